The van der Waals surface area contributed by atoms with E-state index in [1.165, 1.54) is 45.4 Å². The van der Waals surface area contributed by atoms with Crippen molar-refractivity contribution in [1.29, 1.82) is 0 Å². The monoisotopic (exact) mass is 289 g/mol. The molecule has 1 aromatic rings. The third-order valence-corrected chi connectivity index (χ3v) is 4.75. The van der Waals surface area contributed by atoms with Gasteiger partial charge in [0.05, 0.1) is 0 Å². The van der Waals surface area contributed by atoms with Crippen LogP contribution in [0.25, 0.3) is 0 Å². The Kier molecular flexibility index (Phi) is 5.12. The van der Waals surface area contributed by atoms with Crippen molar-refractivity contribution >= 4 is 0 Å². The van der Waals surface area contributed by atoms with Crippen LogP contribution in [-0.4, -0.2) is 55.2 Å². The maximum atomic E-state index is 5.95. The second-order valence-corrected chi connectivity index (χ2v) is 6.15. The van der Waals surface area contributed by atoms with Gasteiger partial charge in [-0.3, -0.25) is 9.80 Å². The molecule has 0 saturated carbocycles. The molecule has 4 nitrogen and oxygen atoms in total. The van der Waals surface area contributed by atoms with Crippen molar-refractivity contribution in [3.63, 3.8) is 0 Å². The molecule has 1 aromatic carbocycles. The first-order chi connectivity index (χ1) is 10.4. The van der Waals surface area contributed by atoms with Crippen molar-refractivity contribution in [3.8, 4) is 5.75 Å². The van der Waals surface area contributed by atoms with Crippen LogP contribution in [0.3, 0.4) is 0 Å². The average molecular weight is 289 g/mol. The molecule has 2 aliphatic heterocycles. The summed E-state index contributed by atoms with van der Waals surface area (Å²) in [5.41, 5.74) is 6.84. The third kappa shape index (κ3) is 3.76. The van der Waals surface area contributed by atoms with Crippen molar-refractivity contribution < 1.29 is 4.74 Å². The zero-order chi connectivity index (χ0) is 14.5. The molecule has 0 bridgehead atoms. The van der Waals surface area contributed by atoms with Gasteiger partial charge in [0.2, 0.25) is 0 Å². The van der Waals surface area contributed by atoms with Gasteiger partial charge in [-0.15, -0.1) is 0 Å². The summed E-state index contributed by atoms with van der Waals surface area (Å²) < 4.78 is 5.95. The molecule has 0 radical (unpaired) electrons. The highest BCUT2D eigenvalue weighted by molar-refractivity contribution is 5.32. The van der Waals surface area contributed by atoms with Crippen LogP contribution in [0.2, 0.25) is 0 Å². The van der Waals surface area contributed by atoms with E-state index in [2.05, 4.69) is 9.80 Å². The number of hydrogen-bond donors (Lipinski definition) is 1. The maximum absolute atomic E-state index is 5.95. The van der Waals surface area contributed by atoms with Gasteiger partial charge < -0.3 is 10.5 Å². The van der Waals surface area contributed by atoms with Crippen molar-refractivity contribution in [3.05, 3.63) is 29.8 Å². The second kappa shape index (κ2) is 7.25. The molecule has 0 aromatic heterocycles. The first-order valence-electron chi connectivity index (χ1n) is 8.24. The van der Waals surface area contributed by atoms with Gasteiger partial charge in [-0.2, -0.15) is 0 Å². The fourth-order valence-corrected chi connectivity index (χ4v) is 3.58. The van der Waals surface area contributed by atoms with E-state index in [-0.39, 0.29) is 0 Å². The first-order valence-corrected chi connectivity index (χ1v) is 8.24. The molecule has 2 N–H and O–H groups in total. The van der Waals surface area contributed by atoms with Crippen LogP contribution in [0.4, 0.5) is 0 Å². The predicted octanol–water partition coefficient (Wildman–Crippen LogP) is 1.69. The highest BCUT2D eigenvalue weighted by Gasteiger charge is 2.28. The quantitative estimate of drug-likeness (QED) is 0.896. The van der Waals surface area contributed by atoms with Gasteiger partial charge in [-0.1, -0.05) is 18.2 Å². The summed E-state index contributed by atoms with van der Waals surface area (Å²) in [6.07, 6.45) is 4.03. The van der Waals surface area contributed by atoms with Crippen molar-refractivity contribution in [2.75, 3.05) is 39.3 Å². The summed E-state index contributed by atoms with van der Waals surface area (Å²) in [5.74, 6) is 0.942. The van der Waals surface area contributed by atoms with E-state index in [1.54, 1.807) is 0 Å². The highest BCUT2D eigenvalue weighted by atomic mass is 16.5. The maximum Gasteiger partial charge on any atom is 0.123 e. The van der Waals surface area contributed by atoms with Gasteiger partial charge in [0.1, 0.15) is 12.4 Å². The molecule has 2 saturated heterocycles. The van der Waals surface area contributed by atoms with Gasteiger partial charge in [-0.05, 0) is 45.0 Å². The van der Waals surface area contributed by atoms with Crippen LogP contribution >= 0.6 is 0 Å². The van der Waals surface area contributed by atoms with E-state index >= 15 is 0 Å². The zero-order valence-corrected chi connectivity index (χ0v) is 12.8. The van der Waals surface area contributed by atoms with Gasteiger partial charge in [0.15, 0.2) is 0 Å². The van der Waals surface area contributed by atoms with E-state index in [0.29, 0.717) is 6.54 Å². The molecule has 0 spiro atoms. The van der Waals surface area contributed by atoms with Crippen LogP contribution in [0.15, 0.2) is 24.3 Å². The molecule has 0 amide bonds. The van der Waals surface area contributed by atoms with E-state index in [1.807, 2.05) is 24.3 Å². The van der Waals surface area contributed by atoms with Crippen molar-refractivity contribution in [2.45, 2.75) is 31.8 Å². The Balaban J connectivity index is 1.48. The number of benzene rings is 1. The van der Waals surface area contributed by atoms with E-state index in [0.717, 1.165) is 30.5 Å². The second-order valence-electron chi connectivity index (χ2n) is 6.15. The molecular formula is C17H27N3O. The third-order valence-electron chi connectivity index (χ3n) is 4.75. The number of para-hydroxylation sites is 1. The van der Waals surface area contributed by atoms with Gasteiger partial charge in [-0.25, -0.2) is 0 Å². The van der Waals surface area contributed by atoms with Gasteiger partial charge >= 0.3 is 0 Å². The molecule has 1 atom stereocenters. The molecule has 21 heavy (non-hydrogen) atoms. The number of fused-ring (bicyclic) bond motifs is 1. The number of rotatable bonds is 5. The molecule has 0 aliphatic carbocycles. The minimum absolute atomic E-state index is 0.539. The lowest BCUT2D eigenvalue weighted by molar-refractivity contribution is 0.187. The zero-order valence-electron chi connectivity index (χ0n) is 12.8. The number of ether oxygens (including phenoxy) is 1. The van der Waals surface area contributed by atoms with Crippen LogP contribution in [0.5, 0.6) is 5.75 Å². The molecule has 3 rings (SSSR count). The van der Waals surface area contributed by atoms with Crippen molar-refractivity contribution in [2.24, 2.45) is 5.73 Å². The largest absolute Gasteiger partial charge is 0.492 e. The van der Waals surface area contributed by atoms with Crippen LogP contribution in [0.1, 0.15) is 24.8 Å². The Morgan fingerprint density at radius 2 is 2.00 bits per heavy atom. The topological polar surface area (TPSA) is 41.7 Å². The number of nitrogens with two attached hydrogens (primary N) is 1. The Hall–Kier alpha value is -1.10. The first kappa shape index (κ1) is 14.8. The SMILES string of the molecule is NCc1ccccc1OCCN1CCCN2CCCC2C1. The van der Waals surface area contributed by atoms with Gasteiger partial charge in [0.25, 0.3) is 0 Å². The van der Waals surface area contributed by atoms with E-state index in [9.17, 15) is 0 Å². The van der Waals surface area contributed by atoms with Gasteiger partial charge in [0, 0.05) is 31.2 Å². The molecule has 1 unspecified atom stereocenters. The molecule has 116 valence electrons. The highest BCUT2D eigenvalue weighted by Crippen LogP contribution is 2.21. The average Bonchev–Trinajstić information content (AvgIpc) is 2.86. The van der Waals surface area contributed by atoms with E-state index < -0.39 is 0 Å². The number of nitrogens with zero attached hydrogens (tertiary/aromatic N) is 2. The van der Waals surface area contributed by atoms with Crippen LogP contribution in [-0.2, 0) is 6.54 Å². The normalized spacial score (nSPS) is 23.8. The summed E-state index contributed by atoms with van der Waals surface area (Å²) in [5, 5.41) is 0. The smallest absolute Gasteiger partial charge is 0.123 e. The minimum atomic E-state index is 0.539. The number of hydrogen-bond acceptors (Lipinski definition) is 4. The molecular weight excluding hydrogens is 262 g/mol. The summed E-state index contributed by atoms with van der Waals surface area (Å²) in [6, 6.07) is 8.86. The van der Waals surface area contributed by atoms with Crippen molar-refractivity contribution in [1.82, 2.24) is 9.80 Å². The molecule has 2 aliphatic rings. The summed E-state index contributed by atoms with van der Waals surface area (Å²) >= 11 is 0. The Labute approximate surface area is 127 Å². The standard InChI is InChI=1S/C17H27N3O/c18-13-15-5-1-2-7-17(15)21-12-11-19-8-4-10-20-9-3-6-16(20)14-19/h1-2,5,7,16H,3-4,6,8-14,18H2. The summed E-state index contributed by atoms with van der Waals surface area (Å²) in [4.78, 5) is 5.24. The lowest BCUT2D eigenvalue weighted by atomic mass is 10.2. The summed E-state index contributed by atoms with van der Waals surface area (Å²) in [7, 11) is 0. The Morgan fingerprint density at radius 1 is 1.14 bits per heavy atom. The fourth-order valence-electron chi connectivity index (χ4n) is 3.58. The molecule has 2 heterocycles. The summed E-state index contributed by atoms with van der Waals surface area (Å²) in [6.45, 7) is 7.30. The lowest BCUT2D eigenvalue weighted by Gasteiger charge is -2.25. The lowest BCUT2D eigenvalue weighted by Crippen LogP contribution is -2.38. The van der Waals surface area contributed by atoms with Crippen LogP contribution < -0.4 is 10.5 Å². The predicted molar refractivity (Wildman–Crippen MR) is 85.5 cm³/mol. The molecule has 4 heteroatoms. The molecule has 2 fully saturated rings. The Morgan fingerprint density at radius 3 is 2.90 bits per heavy atom. The van der Waals surface area contributed by atoms with E-state index in [4.69, 9.17) is 10.5 Å². The fraction of sp³-hybridized carbons (Fsp3) is 0.647. The Bertz CT molecular complexity index is 451. The van der Waals surface area contributed by atoms with Crippen LogP contribution in [0, 0.1) is 0 Å². The minimum Gasteiger partial charge on any atom is -0.492 e.